The molecule has 0 fully saturated rings. The maximum Gasteiger partial charge on any atom is 0.490 e. The first-order chi connectivity index (χ1) is 17.1. The second kappa shape index (κ2) is 10.6. The van der Waals surface area contributed by atoms with Crippen LogP contribution in [0.1, 0.15) is 16.7 Å². The summed E-state index contributed by atoms with van der Waals surface area (Å²) in [5, 5.41) is 13.5. The van der Waals surface area contributed by atoms with Crippen molar-refractivity contribution in [2.75, 3.05) is 5.43 Å². The Kier molecular flexibility index (Phi) is 7.57. The van der Waals surface area contributed by atoms with Gasteiger partial charge in [-0.25, -0.2) is 10.2 Å². The number of hydrazone groups is 1. The number of anilines is 1. The number of nitrogens with zero attached hydrogens (tertiary/aromatic N) is 1. The van der Waals surface area contributed by atoms with Crippen molar-refractivity contribution in [3.63, 3.8) is 0 Å². The molecule has 0 amide bonds. The Labute approximate surface area is 211 Å². The summed E-state index contributed by atoms with van der Waals surface area (Å²) < 4.78 is 31.7. The number of hydrogen-bond acceptors (Lipinski definition) is 7. The van der Waals surface area contributed by atoms with Crippen LogP contribution in [0.4, 0.5) is 18.9 Å². The van der Waals surface area contributed by atoms with Gasteiger partial charge in [0.1, 0.15) is 5.04 Å². The largest absolute Gasteiger partial charge is 0.490 e. The van der Waals surface area contributed by atoms with Gasteiger partial charge in [0.2, 0.25) is 5.56 Å². The molecule has 2 aromatic carbocycles. The highest BCUT2D eigenvalue weighted by Crippen LogP contribution is 2.34. The summed E-state index contributed by atoms with van der Waals surface area (Å²) in [6.45, 7) is 0.726. The van der Waals surface area contributed by atoms with E-state index in [1.165, 1.54) is 6.07 Å². The van der Waals surface area contributed by atoms with Gasteiger partial charge in [-0.15, -0.1) is 0 Å². The molecule has 5 N–H and O–H groups in total. The van der Waals surface area contributed by atoms with Gasteiger partial charge < -0.3 is 15.5 Å². The number of carboxylic acid groups (broad SMARTS) is 1. The summed E-state index contributed by atoms with van der Waals surface area (Å²) in [6, 6.07) is 17.3. The zero-order valence-corrected chi connectivity index (χ0v) is 19.9. The number of nitrogens with one attached hydrogen (secondary N) is 4. The highest BCUT2D eigenvalue weighted by atomic mass is 35.5. The molecule has 2 aliphatic heterocycles. The summed E-state index contributed by atoms with van der Waals surface area (Å²) in [5.41, 5.74) is 15.3. The number of aliphatic carboxylic acids is 1. The average Bonchev–Trinajstić information content (AvgIpc) is 3.51. The molecule has 5 rings (SSSR count). The first-order valence-electron chi connectivity index (χ1n) is 10.5. The van der Waals surface area contributed by atoms with Crippen molar-refractivity contribution in [3.8, 4) is 11.3 Å². The quantitative estimate of drug-likeness (QED) is 0.336. The van der Waals surface area contributed by atoms with Gasteiger partial charge in [0.15, 0.2) is 0 Å². The van der Waals surface area contributed by atoms with Crippen molar-refractivity contribution in [2.24, 2.45) is 5.10 Å². The number of thioether (sulfide) groups is 1. The lowest BCUT2D eigenvalue weighted by Gasteiger charge is -2.12. The summed E-state index contributed by atoms with van der Waals surface area (Å²) >= 11 is 8.29. The fraction of sp³-hybridized carbons (Fsp3) is 0.174. The average molecular weight is 538 g/mol. The predicted molar refractivity (Wildman–Crippen MR) is 133 cm³/mol. The molecule has 3 aromatic rings. The van der Waals surface area contributed by atoms with E-state index in [9.17, 15) is 18.0 Å². The van der Waals surface area contributed by atoms with Gasteiger partial charge in [-0.3, -0.25) is 10.2 Å². The van der Waals surface area contributed by atoms with E-state index in [1.54, 1.807) is 17.8 Å². The molecule has 0 spiro atoms. The summed E-state index contributed by atoms with van der Waals surface area (Å²) in [5.74, 6) is -2.76. The standard InChI is InChI=1S/C21H18ClN5OS.C2HF3O2/c22-20-13(7-8-17-15(20)11-23-25-17)10-19-26-27-21(29-19)14-4-1-3-12(9-14)16-5-2-6-18(28)24-16;3-2(4,5)1(6)7/h1-9,19,23,25-26H,10-11H2,(H,24,28);(H,6,7). The zero-order valence-electron chi connectivity index (χ0n) is 18.3. The van der Waals surface area contributed by atoms with Crippen LogP contribution in [-0.2, 0) is 17.8 Å². The Morgan fingerprint density at radius 2 is 1.86 bits per heavy atom. The second-order valence-corrected chi connectivity index (χ2v) is 9.28. The molecular weight excluding hydrogens is 519 g/mol. The van der Waals surface area contributed by atoms with Crippen LogP contribution in [0.25, 0.3) is 11.3 Å². The van der Waals surface area contributed by atoms with Crippen molar-refractivity contribution in [3.05, 3.63) is 86.7 Å². The van der Waals surface area contributed by atoms with E-state index < -0.39 is 12.1 Å². The number of aromatic nitrogens is 1. The monoisotopic (exact) mass is 537 g/mol. The van der Waals surface area contributed by atoms with Crippen molar-refractivity contribution in [1.29, 1.82) is 0 Å². The van der Waals surface area contributed by atoms with E-state index in [0.717, 1.165) is 56.7 Å². The third-order valence-electron chi connectivity index (χ3n) is 5.21. The Hall–Kier alpha value is -3.48. The summed E-state index contributed by atoms with van der Waals surface area (Å²) in [4.78, 5) is 23.4. The van der Waals surface area contributed by atoms with Crippen molar-refractivity contribution < 1.29 is 23.1 Å². The number of carboxylic acids is 1. The fourth-order valence-corrected chi connectivity index (χ4v) is 4.83. The first-order valence-corrected chi connectivity index (χ1v) is 11.8. The number of pyridine rings is 1. The molecule has 0 aliphatic carbocycles. The van der Waals surface area contributed by atoms with E-state index in [1.807, 2.05) is 30.3 Å². The van der Waals surface area contributed by atoms with E-state index in [-0.39, 0.29) is 10.9 Å². The lowest BCUT2D eigenvalue weighted by Crippen LogP contribution is -2.21. The number of hydrazine groups is 1. The van der Waals surface area contributed by atoms with Crippen LogP contribution in [0.3, 0.4) is 0 Å². The van der Waals surface area contributed by atoms with Crippen molar-refractivity contribution in [2.45, 2.75) is 24.5 Å². The molecule has 8 nitrogen and oxygen atoms in total. The minimum atomic E-state index is -5.08. The van der Waals surface area contributed by atoms with Crippen LogP contribution < -0.4 is 21.8 Å². The van der Waals surface area contributed by atoms with Crippen LogP contribution in [-0.4, -0.2) is 32.7 Å². The highest BCUT2D eigenvalue weighted by molar-refractivity contribution is 8.15. The number of hydrogen-bond donors (Lipinski definition) is 5. The molecule has 3 heterocycles. The van der Waals surface area contributed by atoms with E-state index in [4.69, 9.17) is 21.5 Å². The van der Waals surface area contributed by atoms with Crippen LogP contribution in [0, 0.1) is 0 Å². The molecule has 36 heavy (non-hydrogen) atoms. The number of fused-ring (bicyclic) bond motifs is 1. The first kappa shape index (κ1) is 25.6. The Bertz CT molecular complexity index is 1380. The third kappa shape index (κ3) is 6.01. The number of halogens is 4. The van der Waals surface area contributed by atoms with E-state index in [0.29, 0.717) is 0 Å². The summed E-state index contributed by atoms with van der Waals surface area (Å²) in [7, 11) is 0. The lowest BCUT2D eigenvalue weighted by atomic mass is 10.1. The smallest absolute Gasteiger partial charge is 0.475 e. The van der Waals surface area contributed by atoms with Crippen molar-refractivity contribution >= 4 is 40.1 Å². The normalized spacial score (nSPS) is 16.2. The number of rotatable bonds is 4. The Morgan fingerprint density at radius 1 is 1.14 bits per heavy atom. The molecule has 13 heteroatoms. The SMILES string of the molecule is O=C(O)C(F)(F)F.O=c1cccc(-c2cccc(C3=NNC(Cc4ccc5c(c4Cl)CNN5)S3)c2)[nH]1. The fourth-order valence-electron chi connectivity index (χ4n) is 3.52. The molecule has 1 aromatic heterocycles. The maximum atomic E-state index is 11.6. The molecule has 188 valence electrons. The number of benzene rings is 2. The summed E-state index contributed by atoms with van der Waals surface area (Å²) in [6.07, 6.45) is -4.31. The Balaban J connectivity index is 0.000000384. The van der Waals surface area contributed by atoms with Gasteiger partial charge in [0.05, 0.1) is 16.1 Å². The van der Waals surface area contributed by atoms with Crippen LogP contribution in [0.2, 0.25) is 5.02 Å². The molecule has 0 radical (unpaired) electrons. The number of aromatic amines is 1. The zero-order chi connectivity index (χ0) is 25.9. The molecule has 2 aliphatic rings. The Morgan fingerprint density at radius 3 is 2.58 bits per heavy atom. The predicted octanol–water partition coefficient (Wildman–Crippen LogP) is 4.33. The van der Waals surface area contributed by atoms with Crippen LogP contribution in [0.5, 0.6) is 0 Å². The van der Waals surface area contributed by atoms with Gasteiger partial charge in [-0.05, 0) is 29.3 Å². The van der Waals surface area contributed by atoms with Gasteiger partial charge in [0, 0.05) is 35.9 Å². The molecule has 0 saturated heterocycles. The van der Waals surface area contributed by atoms with Gasteiger partial charge in [0.25, 0.3) is 0 Å². The number of H-pyrrole nitrogens is 1. The number of alkyl halides is 3. The van der Waals surface area contributed by atoms with E-state index in [2.05, 4.69) is 38.5 Å². The highest BCUT2D eigenvalue weighted by Gasteiger charge is 2.38. The molecule has 0 bridgehead atoms. The molecular formula is C23H19ClF3N5O3S. The maximum absolute atomic E-state index is 11.6. The molecule has 1 atom stereocenters. The van der Waals surface area contributed by atoms with Gasteiger partial charge in [-0.2, -0.15) is 18.3 Å². The van der Waals surface area contributed by atoms with E-state index >= 15 is 0 Å². The second-order valence-electron chi connectivity index (χ2n) is 7.71. The number of carbonyl (C=O) groups is 1. The van der Waals surface area contributed by atoms with Crippen LogP contribution in [0.15, 0.2) is 64.5 Å². The third-order valence-corrected chi connectivity index (χ3v) is 6.79. The molecule has 0 saturated carbocycles. The van der Waals surface area contributed by atoms with Gasteiger partial charge >= 0.3 is 12.1 Å². The topological polar surface area (TPSA) is 119 Å². The minimum Gasteiger partial charge on any atom is -0.475 e. The minimum absolute atomic E-state index is 0.112. The van der Waals surface area contributed by atoms with Gasteiger partial charge in [-0.1, -0.05) is 53.7 Å². The lowest BCUT2D eigenvalue weighted by molar-refractivity contribution is -0.192. The van der Waals surface area contributed by atoms with Crippen LogP contribution >= 0.6 is 23.4 Å². The van der Waals surface area contributed by atoms with Crippen molar-refractivity contribution in [1.82, 2.24) is 15.8 Å². The molecule has 1 unspecified atom stereocenters.